The summed E-state index contributed by atoms with van der Waals surface area (Å²) in [4.78, 5) is 25.9. The van der Waals surface area contributed by atoms with Gasteiger partial charge in [-0.3, -0.25) is 10.1 Å². The summed E-state index contributed by atoms with van der Waals surface area (Å²) in [7, 11) is -2.22. The maximum Gasteiger partial charge on any atom is 0.409 e. The molecule has 1 aliphatic heterocycles. The van der Waals surface area contributed by atoms with Crippen molar-refractivity contribution in [3.8, 4) is 17.2 Å². The van der Waals surface area contributed by atoms with Gasteiger partial charge < -0.3 is 18.8 Å². The van der Waals surface area contributed by atoms with Crippen LogP contribution in [0.2, 0.25) is 0 Å². The summed E-state index contributed by atoms with van der Waals surface area (Å²) < 4.78 is 42.9. The van der Waals surface area contributed by atoms with Crippen LogP contribution in [0.15, 0.2) is 57.8 Å². The van der Waals surface area contributed by atoms with Gasteiger partial charge in [0.25, 0.3) is 5.91 Å². The van der Waals surface area contributed by atoms with Crippen molar-refractivity contribution in [3.63, 3.8) is 0 Å². The number of nitrogens with one attached hydrogen (secondary N) is 1. The van der Waals surface area contributed by atoms with E-state index in [1.165, 1.54) is 33.5 Å². The number of benzene rings is 2. The fourth-order valence-corrected chi connectivity index (χ4v) is 4.97. The highest BCUT2D eigenvalue weighted by atomic mass is 32.2. The monoisotopic (exact) mass is 515 g/mol. The van der Waals surface area contributed by atoms with E-state index in [0.29, 0.717) is 11.3 Å². The number of rotatable bonds is 7. The van der Waals surface area contributed by atoms with Gasteiger partial charge in [-0.2, -0.15) is 4.31 Å². The van der Waals surface area contributed by atoms with Gasteiger partial charge in [0.05, 0.1) is 18.6 Å². The van der Waals surface area contributed by atoms with E-state index in [0.717, 1.165) is 0 Å². The number of ether oxygens (including phenoxy) is 2. The Morgan fingerprint density at radius 1 is 1.00 bits per heavy atom. The molecule has 0 radical (unpaired) electrons. The number of nitrogens with zero attached hydrogens (tertiary/aromatic N) is 4. The van der Waals surface area contributed by atoms with E-state index in [9.17, 15) is 18.0 Å². The van der Waals surface area contributed by atoms with Crippen LogP contribution in [0.25, 0.3) is 11.5 Å². The fourth-order valence-electron chi connectivity index (χ4n) is 3.55. The Labute approximate surface area is 207 Å². The molecular formula is C23H25N5O7S. The van der Waals surface area contributed by atoms with Crippen LogP contribution in [0, 0.1) is 0 Å². The van der Waals surface area contributed by atoms with Crippen LogP contribution < -0.4 is 10.1 Å². The van der Waals surface area contributed by atoms with Gasteiger partial charge in [-0.1, -0.05) is 5.10 Å². The number of amides is 2. The SMILES string of the molecule is CCOC(=O)N1CCN(S(=O)(=O)c2ccc(C(=O)Nc3nnc(-c4ccc(OC)cc4)o3)cc2)CC1. The molecule has 2 aromatic carbocycles. The normalized spacial score (nSPS) is 14.3. The highest BCUT2D eigenvalue weighted by Crippen LogP contribution is 2.23. The number of piperazine rings is 1. The topological polar surface area (TPSA) is 144 Å². The number of hydrogen-bond acceptors (Lipinski definition) is 9. The fraction of sp³-hybridized carbons (Fsp3) is 0.304. The van der Waals surface area contributed by atoms with Gasteiger partial charge in [0, 0.05) is 37.3 Å². The number of carbonyl (C=O) groups excluding carboxylic acids is 2. The molecule has 2 amide bonds. The van der Waals surface area contributed by atoms with E-state index in [1.54, 1.807) is 38.3 Å². The third-order valence-corrected chi connectivity index (χ3v) is 7.41. The Kier molecular flexibility index (Phi) is 7.50. The first-order chi connectivity index (χ1) is 17.3. The highest BCUT2D eigenvalue weighted by Gasteiger charge is 2.30. The molecule has 0 saturated carbocycles. The zero-order valence-electron chi connectivity index (χ0n) is 19.7. The van der Waals surface area contributed by atoms with Crippen molar-refractivity contribution in [2.75, 3.05) is 45.2 Å². The molecule has 3 aromatic rings. The van der Waals surface area contributed by atoms with Crippen molar-refractivity contribution < 1.29 is 31.9 Å². The molecule has 190 valence electrons. The van der Waals surface area contributed by atoms with Crippen molar-refractivity contribution in [2.24, 2.45) is 0 Å². The van der Waals surface area contributed by atoms with E-state index in [1.807, 2.05) is 0 Å². The molecular weight excluding hydrogens is 490 g/mol. The van der Waals surface area contributed by atoms with Crippen molar-refractivity contribution >= 4 is 28.0 Å². The van der Waals surface area contributed by atoms with Crippen LogP contribution in [0.5, 0.6) is 5.75 Å². The van der Waals surface area contributed by atoms with Crippen LogP contribution in [0.4, 0.5) is 10.8 Å². The first-order valence-electron chi connectivity index (χ1n) is 11.1. The van der Waals surface area contributed by atoms with Crippen LogP contribution in [0.3, 0.4) is 0 Å². The van der Waals surface area contributed by atoms with E-state index in [-0.39, 0.29) is 55.2 Å². The molecule has 1 aliphatic rings. The number of aromatic nitrogens is 2. The Morgan fingerprint density at radius 3 is 2.28 bits per heavy atom. The highest BCUT2D eigenvalue weighted by molar-refractivity contribution is 7.89. The Morgan fingerprint density at radius 2 is 1.67 bits per heavy atom. The van der Waals surface area contributed by atoms with Gasteiger partial charge in [0.15, 0.2) is 0 Å². The molecule has 0 aliphatic carbocycles. The molecule has 0 spiro atoms. The van der Waals surface area contributed by atoms with Gasteiger partial charge >= 0.3 is 12.1 Å². The van der Waals surface area contributed by atoms with Crippen LogP contribution in [-0.2, 0) is 14.8 Å². The zero-order chi connectivity index (χ0) is 25.7. The molecule has 2 heterocycles. The number of anilines is 1. The van der Waals surface area contributed by atoms with E-state index < -0.39 is 22.0 Å². The molecule has 0 bridgehead atoms. The first-order valence-corrected chi connectivity index (χ1v) is 12.6. The molecule has 12 nitrogen and oxygen atoms in total. The van der Waals surface area contributed by atoms with Gasteiger partial charge in [-0.25, -0.2) is 13.2 Å². The average Bonchev–Trinajstić information content (AvgIpc) is 3.37. The summed E-state index contributed by atoms with van der Waals surface area (Å²) in [6.07, 6.45) is -0.456. The van der Waals surface area contributed by atoms with Gasteiger partial charge in [-0.15, -0.1) is 5.10 Å². The molecule has 1 saturated heterocycles. The zero-order valence-corrected chi connectivity index (χ0v) is 20.5. The third kappa shape index (κ3) is 5.47. The minimum atomic E-state index is -3.78. The molecule has 36 heavy (non-hydrogen) atoms. The predicted octanol–water partition coefficient (Wildman–Crippen LogP) is 2.46. The summed E-state index contributed by atoms with van der Waals surface area (Å²) in [6.45, 7) is 2.74. The quantitative estimate of drug-likeness (QED) is 0.502. The maximum atomic E-state index is 13.0. The second-order valence-electron chi connectivity index (χ2n) is 7.71. The minimum absolute atomic E-state index is 0.0446. The van der Waals surface area contributed by atoms with Crippen molar-refractivity contribution in [1.29, 1.82) is 0 Å². The Balaban J connectivity index is 1.37. The standard InChI is InChI=1S/C23H25N5O7S/c1-3-34-23(30)27-12-14-28(15-13-27)36(31,32)19-10-6-16(7-11-19)20(29)24-22-26-25-21(35-22)17-4-8-18(33-2)9-5-17/h4-11H,3,12-15H2,1-2H3,(H,24,26,29). The maximum absolute atomic E-state index is 13.0. The van der Waals surface area contributed by atoms with Gasteiger partial charge in [0.2, 0.25) is 15.9 Å². The van der Waals surface area contributed by atoms with Crippen molar-refractivity contribution in [1.82, 2.24) is 19.4 Å². The van der Waals surface area contributed by atoms with E-state index >= 15 is 0 Å². The van der Waals surface area contributed by atoms with E-state index in [2.05, 4.69) is 15.5 Å². The second-order valence-corrected chi connectivity index (χ2v) is 9.65. The lowest BCUT2D eigenvalue weighted by molar-refractivity contribution is 0.0933. The second kappa shape index (κ2) is 10.7. The Hall–Kier alpha value is -3.97. The number of methoxy groups -OCH3 is 1. The smallest absolute Gasteiger partial charge is 0.409 e. The number of carbonyl (C=O) groups is 2. The largest absolute Gasteiger partial charge is 0.497 e. The van der Waals surface area contributed by atoms with E-state index in [4.69, 9.17) is 13.9 Å². The lowest BCUT2D eigenvalue weighted by Gasteiger charge is -2.33. The van der Waals surface area contributed by atoms with Crippen LogP contribution in [0.1, 0.15) is 17.3 Å². The summed E-state index contributed by atoms with van der Waals surface area (Å²) in [5.41, 5.74) is 0.867. The molecule has 1 fully saturated rings. The molecule has 1 N–H and O–H groups in total. The van der Waals surface area contributed by atoms with Crippen LogP contribution >= 0.6 is 0 Å². The van der Waals surface area contributed by atoms with Gasteiger partial charge in [0.1, 0.15) is 5.75 Å². The van der Waals surface area contributed by atoms with Crippen molar-refractivity contribution in [2.45, 2.75) is 11.8 Å². The van der Waals surface area contributed by atoms with Gasteiger partial charge in [-0.05, 0) is 55.5 Å². The molecule has 4 rings (SSSR count). The number of hydrogen-bond donors (Lipinski definition) is 1. The molecule has 13 heteroatoms. The summed E-state index contributed by atoms with van der Waals surface area (Å²) in [5.74, 6) is 0.362. The molecule has 0 unspecified atom stereocenters. The third-order valence-electron chi connectivity index (χ3n) is 5.50. The molecule has 1 aromatic heterocycles. The summed E-state index contributed by atoms with van der Waals surface area (Å²) >= 11 is 0. The Bertz CT molecular complexity index is 1320. The predicted molar refractivity (Wildman–Crippen MR) is 128 cm³/mol. The summed E-state index contributed by atoms with van der Waals surface area (Å²) in [5, 5.41) is 10.3. The average molecular weight is 516 g/mol. The first kappa shape index (κ1) is 25.1. The van der Waals surface area contributed by atoms with Crippen molar-refractivity contribution in [3.05, 3.63) is 54.1 Å². The van der Waals surface area contributed by atoms with Crippen LogP contribution in [-0.4, -0.2) is 79.7 Å². The molecule has 0 atom stereocenters. The lowest BCUT2D eigenvalue weighted by Crippen LogP contribution is -2.50. The summed E-state index contributed by atoms with van der Waals surface area (Å²) in [6, 6.07) is 12.4. The minimum Gasteiger partial charge on any atom is -0.497 e. The number of sulfonamides is 1. The lowest BCUT2D eigenvalue weighted by atomic mass is 10.2.